The van der Waals surface area contributed by atoms with E-state index in [1.54, 1.807) is 6.92 Å². The Morgan fingerprint density at radius 3 is 2.39 bits per heavy atom. The normalized spacial score (nSPS) is 44.3. The summed E-state index contributed by atoms with van der Waals surface area (Å²) < 4.78 is 5.66. The summed E-state index contributed by atoms with van der Waals surface area (Å²) >= 11 is 0. The number of fused-ring (bicyclic) bond motifs is 5. The molecular weight excluding hydrogens is 404 g/mol. The molecule has 0 heterocycles. The lowest BCUT2D eigenvalue weighted by atomic mass is 9.44. The van der Waals surface area contributed by atoms with Crippen LogP contribution in [0.2, 0.25) is 0 Å². The second-order valence-corrected chi connectivity index (χ2v) is 13.9. The first-order valence-corrected chi connectivity index (χ1v) is 14.3. The monoisotopic (exact) mass is 456 g/mol. The minimum Gasteiger partial charge on any atom is -0.463 e. The second kappa shape index (κ2) is 9.02. The maximum absolute atomic E-state index is 11.6. The van der Waals surface area contributed by atoms with Gasteiger partial charge in [-0.3, -0.25) is 4.79 Å². The Morgan fingerprint density at radius 2 is 1.73 bits per heavy atom. The van der Waals surface area contributed by atoms with E-state index in [1.807, 2.05) is 5.57 Å². The van der Waals surface area contributed by atoms with Gasteiger partial charge in [-0.05, 0) is 103 Å². The highest BCUT2D eigenvalue weighted by Gasteiger charge is 2.63. The van der Waals surface area contributed by atoms with Crippen molar-refractivity contribution in [3.8, 4) is 0 Å². The predicted molar refractivity (Wildman–Crippen MR) is 138 cm³/mol. The number of carbonyl (C=O) groups excluding carboxylic acids is 1. The van der Waals surface area contributed by atoms with Crippen molar-refractivity contribution in [2.24, 2.45) is 51.8 Å². The van der Waals surface area contributed by atoms with Gasteiger partial charge in [-0.1, -0.05) is 73.0 Å². The van der Waals surface area contributed by atoms with E-state index in [9.17, 15) is 4.79 Å². The molecule has 3 saturated carbocycles. The van der Waals surface area contributed by atoms with E-state index < -0.39 is 0 Å². The number of allylic oxidation sites excluding steroid dienone is 2. The Morgan fingerprint density at radius 1 is 1.00 bits per heavy atom. The molecule has 188 valence electrons. The molecule has 0 spiro atoms. The first-order valence-electron chi connectivity index (χ1n) is 14.3. The Bertz CT molecular complexity index is 767. The second-order valence-electron chi connectivity index (χ2n) is 13.9. The van der Waals surface area contributed by atoms with Crippen molar-refractivity contribution in [2.45, 2.75) is 126 Å². The summed E-state index contributed by atoms with van der Waals surface area (Å²) in [5.74, 6) is 4.67. The van der Waals surface area contributed by atoms with Crippen molar-refractivity contribution in [1.29, 1.82) is 0 Å². The third-order valence-corrected chi connectivity index (χ3v) is 12.1. The zero-order chi connectivity index (χ0) is 24.2. The fourth-order valence-corrected chi connectivity index (χ4v) is 9.21. The van der Waals surface area contributed by atoms with Crippen molar-refractivity contribution in [3.63, 3.8) is 0 Å². The molecule has 0 aromatic carbocycles. The summed E-state index contributed by atoms with van der Waals surface area (Å²) in [4.78, 5) is 11.6. The minimum atomic E-state index is -0.105. The number of hydrogen-bond donors (Lipinski definition) is 0. The van der Waals surface area contributed by atoms with Gasteiger partial charge in [-0.25, -0.2) is 0 Å². The van der Waals surface area contributed by atoms with Crippen LogP contribution in [-0.2, 0) is 9.53 Å². The summed E-state index contributed by atoms with van der Waals surface area (Å²) in [6.45, 7) is 19.3. The van der Waals surface area contributed by atoms with Gasteiger partial charge in [-0.2, -0.15) is 0 Å². The van der Waals surface area contributed by atoms with Crippen molar-refractivity contribution in [3.05, 3.63) is 11.6 Å². The van der Waals surface area contributed by atoms with Crippen LogP contribution in [0, 0.1) is 51.8 Å². The lowest BCUT2D eigenvalue weighted by molar-refractivity contribution is -0.151. The SMILES string of the molecule is CC(=O)O[C@@H]1CC[C@]2(C)C3=CC[C@]4(C)[C@@H]([C@H](C)CC[C@@H](C)C(C)C)CC[C@@]4(C)[C@@H]3CC[C@H]2C1. The quantitative estimate of drug-likeness (QED) is 0.295. The number of ether oxygens (including phenoxy) is 1. The lowest BCUT2D eigenvalue weighted by Crippen LogP contribution is -2.53. The molecule has 2 heteroatoms. The zero-order valence-electron chi connectivity index (χ0n) is 23.0. The molecule has 3 fully saturated rings. The van der Waals surface area contributed by atoms with E-state index >= 15 is 0 Å². The Labute approximate surface area is 204 Å². The zero-order valence-corrected chi connectivity index (χ0v) is 23.0. The lowest BCUT2D eigenvalue weighted by Gasteiger charge is -2.61. The van der Waals surface area contributed by atoms with Gasteiger partial charge in [-0.15, -0.1) is 0 Å². The number of rotatable bonds is 6. The smallest absolute Gasteiger partial charge is 0.302 e. The molecule has 0 amide bonds. The van der Waals surface area contributed by atoms with Crippen LogP contribution in [0.1, 0.15) is 120 Å². The number of hydrogen-bond acceptors (Lipinski definition) is 2. The molecule has 0 N–H and O–H groups in total. The Kier molecular flexibility index (Phi) is 6.91. The first kappa shape index (κ1) is 25.3. The van der Waals surface area contributed by atoms with Gasteiger partial charge in [0.05, 0.1) is 0 Å². The average Bonchev–Trinajstić information content (AvgIpc) is 3.03. The fourth-order valence-electron chi connectivity index (χ4n) is 9.21. The predicted octanol–water partition coefficient (Wildman–Crippen LogP) is 8.60. The standard InChI is InChI=1S/C31H52O2/c1-20(2)21(3)9-10-22(4)26-14-17-31(8)28-12-11-24-19-25(33-23(5)32)13-16-29(24,6)27(28)15-18-30(26,31)7/h15,20-22,24-26,28H,9-14,16-19H2,1-8H3/t21-,22-,24+,25-,26-,28-,29+,30-,31+/m1/s1. The molecule has 2 nitrogen and oxygen atoms in total. The van der Waals surface area contributed by atoms with Gasteiger partial charge >= 0.3 is 5.97 Å². The molecule has 0 aliphatic heterocycles. The van der Waals surface area contributed by atoms with Crippen LogP contribution in [-0.4, -0.2) is 12.1 Å². The van der Waals surface area contributed by atoms with Crippen molar-refractivity contribution in [2.75, 3.05) is 0 Å². The van der Waals surface area contributed by atoms with Crippen LogP contribution < -0.4 is 0 Å². The number of esters is 1. The first-order chi connectivity index (χ1) is 15.4. The number of carbonyl (C=O) groups is 1. The highest BCUT2D eigenvalue weighted by Crippen LogP contribution is 2.72. The van der Waals surface area contributed by atoms with Crippen LogP contribution in [0.5, 0.6) is 0 Å². The van der Waals surface area contributed by atoms with Crippen molar-refractivity contribution in [1.82, 2.24) is 0 Å². The van der Waals surface area contributed by atoms with E-state index in [0.29, 0.717) is 22.2 Å². The molecule has 4 rings (SSSR count). The van der Waals surface area contributed by atoms with Gasteiger partial charge in [0, 0.05) is 6.92 Å². The molecular formula is C31H52O2. The third-order valence-electron chi connectivity index (χ3n) is 12.1. The van der Waals surface area contributed by atoms with Crippen LogP contribution in [0.15, 0.2) is 11.6 Å². The van der Waals surface area contributed by atoms with Gasteiger partial charge in [0.25, 0.3) is 0 Å². The van der Waals surface area contributed by atoms with Crippen molar-refractivity contribution < 1.29 is 9.53 Å². The third kappa shape index (κ3) is 4.14. The minimum absolute atomic E-state index is 0.105. The summed E-state index contributed by atoms with van der Waals surface area (Å²) in [6.07, 6.45) is 15.7. The molecule has 4 aliphatic rings. The summed E-state index contributed by atoms with van der Waals surface area (Å²) in [5, 5.41) is 0. The maximum Gasteiger partial charge on any atom is 0.302 e. The van der Waals surface area contributed by atoms with Gasteiger partial charge in [0.15, 0.2) is 0 Å². The molecule has 0 radical (unpaired) electrons. The molecule has 0 saturated heterocycles. The molecule has 0 bridgehead atoms. The van der Waals surface area contributed by atoms with Crippen LogP contribution in [0.4, 0.5) is 0 Å². The van der Waals surface area contributed by atoms with Crippen LogP contribution in [0.3, 0.4) is 0 Å². The Balaban J connectivity index is 1.53. The fraction of sp³-hybridized carbons (Fsp3) is 0.903. The summed E-state index contributed by atoms with van der Waals surface area (Å²) in [5.41, 5.74) is 3.02. The van der Waals surface area contributed by atoms with Crippen LogP contribution in [0.25, 0.3) is 0 Å². The van der Waals surface area contributed by atoms with E-state index in [2.05, 4.69) is 54.5 Å². The van der Waals surface area contributed by atoms with E-state index in [4.69, 9.17) is 4.74 Å². The molecule has 0 unspecified atom stereocenters. The topological polar surface area (TPSA) is 26.3 Å². The molecule has 0 aromatic rings. The van der Waals surface area contributed by atoms with Gasteiger partial charge < -0.3 is 4.74 Å². The average molecular weight is 457 g/mol. The largest absolute Gasteiger partial charge is 0.463 e. The van der Waals surface area contributed by atoms with E-state index in [-0.39, 0.29) is 12.1 Å². The summed E-state index contributed by atoms with van der Waals surface area (Å²) in [6, 6.07) is 0. The molecule has 0 aromatic heterocycles. The van der Waals surface area contributed by atoms with Gasteiger partial charge in [0.2, 0.25) is 0 Å². The maximum atomic E-state index is 11.6. The molecule has 9 atom stereocenters. The highest BCUT2D eigenvalue weighted by molar-refractivity contribution is 5.66. The molecule has 4 aliphatic carbocycles. The van der Waals surface area contributed by atoms with Crippen LogP contribution >= 0.6 is 0 Å². The summed E-state index contributed by atoms with van der Waals surface area (Å²) in [7, 11) is 0. The van der Waals surface area contributed by atoms with E-state index in [0.717, 1.165) is 42.4 Å². The Hall–Kier alpha value is -0.790. The van der Waals surface area contributed by atoms with Gasteiger partial charge in [0.1, 0.15) is 6.10 Å². The highest BCUT2D eigenvalue weighted by atomic mass is 16.5. The van der Waals surface area contributed by atoms with Crippen molar-refractivity contribution >= 4 is 5.97 Å². The molecule has 33 heavy (non-hydrogen) atoms. The van der Waals surface area contributed by atoms with E-state index in [1.165, 1.54) is 51.4 Å².